The van der Waals surface area contributed by atoms with Crippen molar-refractivity contribution in [3.8, 4) is 0 Å². The predicted molar refractivity (Wildman–Crippen MR) is 140 cm³/mol. The molecular formula is C24H31N4Na3O13P2. The molecule has 1 amide bonds. The van der Waals surface area contributed by atoms with Crippen molar-refractivity contribution < 1.29 is 146 Å². The maximum Gasteiger partial charge on any atom is 1.00 e. The molecule has 1 aliphatic carbocycles. The number of hydrogen-bond donors (Lipinski definition) is 4. The van der Waals surface area contributed by atoms with E-state index < -0.39 is 82.1 Å². The second-order valence-corrected chi connectivity index (χ2v) is 13.2. The summed E-state index contributed by atoms with van der Waals surface area (Å²) in [6.07, 6.45) is -6.38. The molecule has 46 heavy (non-hydrogen) atoms. The third-order valence-corrected chi connectivity index (χ3v) is 9.32. The molecular weight excluding hydrogens is 683 g/mol. The normalized spacial score (nSPS) is 27.7. The summed E-state index contributed by atoms with van der Waals surface area (Å²) in [5.41, 5.74) is 5.31. The molecule has 1 saturated carbocycles. The first-order chi connectivity index (χ1) is 20.1. The molecule has 17 nitrogen and oxygen atoms in total. The number of aromatic nitrogens is 2. The van der Waals surface area contributed by atoms with Crippen LogP contribution in [0.4, 0.5) is 5.82 Å². The number of nitrogens with zero attached hydrogens (tertiary/aromatic N) is 2. The van der Waals surface area contributed by atoms with Gasteiger partial charge in [-0.3, -0.25) is 13.9 Å². The molecule has 2 aromatic rings. The smallest absolute Gasteiger partial charge is 0.809 e. The van der Waals surface area contributed by atoms with Gasteiger partial charge in [0, 0.05) is 13.1 Å². The summed E-state index contributed by atoms with van der Waals surface area (Å²) < 4.78 is 46.5. The average molecular weight is 714 g/mol. The Labute approximate surface area is 330 Å². The molecule has 2 unspecified atom stereocenters. The number of benzene rings is 1. The predicted octanol–water partition coefficient (Wildman–Crippen LogP) is -11.3. The van der Waals surface area contributed by atoms with E-state index >= 15 is 0 Å². The van der Waals surface area contributed by atoms with Gasteiger partial charge in [0.05, 0.1) is 31.2 Å². The van der Waals surface area contributed by atoms with Crippen molar-refractivity contribution in [2.24, 2.45) is 5.92 Å². The van der Waals surface area contributed by atoms with Crippen LogP contribution >= 0.6 is 15.4 Å². The fraction of sp³-hybridized carbons (Fsp3) is 0.542. The van der Waals surface area contributed by atoms with Crippen molar-refractivity contribution in [2.75, 3.05) is 12.3 Å². The molecule has 0 bridgehead atoms. The number of carbonyl (C=O) groups is 1. The molecule has 2 fully saturated rings. The SMILES string of the molecule is CC(=O)N[C@H]1C[C@@H](C(OP(=O)([O-])OC[C@H]2O[C@@H](n3ccc(N)nc3=O)[C@H](O)[C@@H]2O)P(=O)([O-])[O-])C[C@H]1OCc1ccccc1.[Na+].[Na+].[Na+]. The largest absolute Gasteiger partial charge is 1.00 e. The Kier molecular flexibility index (Phi) is 18.6. The van der Waals surface area contributed by atoms with E-state index in [-0.39, 0.29) is 114 Å². The number of nitrogens with one attached hydrogen (secondary N) is 1. The Morgan fingerprint density at radius 3 is 2.37 bits per heavy atom. The van der Waals surface area contributed by atoms with Crippen molar-refractivity contribution in [2.45, 2.75) is 68.9 Å². The minimum Gasteiger partial charge on any atom is -0.809 e. The van der Waals surface area contributed by atoms with Crippen LogP contribution in [0.15, 0.2) is 47.4 Å². The minimum atomic E-state index is -5.73. The molecule has 2 aliphatic rings. The summed E-state index contributed by atoms with van der Waals surface area (Å²) in [6, 6.07) is 9.44. The van der Waals surface area contributed by atoms with Crippen molar-refractivity contribution in [3.63, 3.8) is 0 Å². The summed E-state index contributed by atoms with van der Waals surface area (Å²) in [5.74, 6) is -4.16. The molecule has 238 valence electrons. The number of aliphatic hydroxyl groups is 2. The third-order valence-electron chi connectivity index (χ3n) is 7.05. The van der Waals surface area contributed by atoms with E-state index in [4.69, 9.17) is 24.3 Å². The molecule has 1 aromatic heterocycles. The number of aliphatic hydroxyl groups excluding tert-OH is 2. The van der Waals surface area contributed by atoms with Gasteiger partial charge in [0.1, 0.15) is 24.1 Å². The zero-order valence-electron chi connectivity index (χ0n) is 25.7. The van der Waals surface area contributed by atoms with Crippen molar-refractivity contribution >= 4 is 27.1 Å². The van der Waals surface area contributed by atoms with Crippen LogP contribution in [0.1, 0.15) is 31.6 Å². The van der Waals surface area contributed by atoms with Crippen LogP contribution in [0.5, 0.6) is 0 Å². The van der Waals surface area contributed by atoms with Crippen LogP contribution in [0.25, 0.3) is 0 Å². The third kappa shape index (κ3) is 12.1. The number of hydrogen-bond acceptors (Lipinski definition) is 15. The van der Waals surface area contributed by atoms with Gasteiger partial charge in [-0.05, 0) is 38.0 Å². The van der Waals surface area contributed by atoms with Gasteiger partial charge in [0.15, 0.2) is 6.23 Å². The Morgan fingerprint density at radius 1 is 1.13 bits per heavy atom. The number of nitrogen functional groups attached to an aromatic ring is 1. The van der Waals surface area contributed by atoms with Crippen molar-refractivity contribution in [3.05, 3.63) is 58.6 Å². The van der Waals surface area contributed by atoms with E-state index in [1.807, 2.05) is 0 Å². The van der Waals surface area contributed by atoms with Crippen LogP contribution < -0.4 is 120 Å². The molecule has 1 aromatic carbocycles. The van der Waals surface area contributed by atoms with E-state index in [1.54, 1.807) is 30.3 Å². The first kappa shape index (κ1) is 44.5. The number of amides is 1. The van der Waals surface area contributed by atoms with Gasteiger partial charge in [-0.2, -0.15) is 4.98 Å². The Hall–Kier alpha value is 0.470. The van der Waals surface area contributed by atoms with E-state index in [9.17, 15) is 43.6 Å². The fourth-order valence-electron chi connectivity index (χ4n) is 5.09. The van der Waals surface area contributed by atoms with Gasteiger partial charge in [-0.15, -0.1) is 0 Å². The van der Waals surface area contributed by atoms with Crippen LogP contribution in [0, 0.1) is 5.92 Å². The zero-order chi connectivity index (χ0) is 31.5. The number of carbonyl (C=O) groups excluding carboxylic acids is 1. The summed E-state index contributed by atoms with van der Waals surface area (Å²) in [7, 11) is -11.3. The first-order valence-corrected chi connectivity index (χ1v) is 16.2. The summed E-state index contributed by atoms with van der Waals surface area (Å²) in [6.45, 7) is 0.371. The van der Waals surface area contributed by atoms with Crippen LogP contribution in [0.3, 0.4) is 0 Å². The molecule has 5 N–H and O–H groups in total. The number of ether oxygens (including phenoxy) is 2. The summed E-state index contributed by atoms with van der Waals surface area (Å²) in [5, 5.41) is 23.3. The quantitative estimate of drug-likeness (QED) is 0.117. The number of nitrogens with two attached hydrogens (primary N) is 1. The van der Waals surface area contributed by atoms with Gasteiger partial charge < -0.3 is 59.0 Å². The number of phosphoric acid groups is 1. The maximum absolute atomic E-state index is 12.7. The molecule has 1 aliphatic heterocycles. The van der Waals surface area contributed by atoms with Gasteiger partial charge >= 0.3 is 94.4 Å². The summed E-state index contributed by atoms with van der Waals surface area (Å²) in [4.78, 5) is 64.4. The molecule has 0 spiro atoms. The first-order valence-electron chi connectivity index (χ1n) is 13.1. The van der Waals surface area contributed by atoms with Crippen molar-refractivity contribution in [1.29, 1.82) is 0 Å². The fourth-order valence-corrected chi connectivity index (χ4v) is 7.49. The second-order valence-electron chi connectivity index (χ2n) is 10.2. The summed E-state index contributed by atoms with van der Waals surface area (Å²) >= 11 is 0. The Balaban J connectivity index is 0.00000353. The van der Waals surface area contributed by atoms with E-state index in [2.05, 4.69) is 10.3 Å². The number of phosphoric ester groups is 1. The van der Waals surface area contributed by atoms with Crippen molar-refractivity contribution in [1.82, 2.24) is 14.9 Å². The van der Waals surface area contributed by atoms with Gasteiger partial charge in [0.2, 0.25) is 5.91 Å². The number of anilines is 1. The maximum atomic E-state index is 12.7. The molecule has 1 saturated heterocycles. The second kappa shape index (κ2) is 19.2. The minimum absolute atomic E-state index is 0. The molecule has 4 rings (SSSR count). The van der Waals surface area contributed by atoms with Crippen LogP contribution in [-0.2, 0) is 39.1 Å². The standard InChI is InChI=1S/C24H34N4O13P2.3Na/c1-13(29)26-16-9-15(10-17(16)38-11-14-5-3-2-4-6-14)23(42(33,34)35)41-43(36,37)39-12-18-20(30)21(31)22(40-18)28-8-7-19(25)27-24(28)32;;;/h2-8,15-18,20-23,30-31H,9-12H2,1H3,(H,26,29)(H,36,37)(H2,25,27,32)(H2,33,34,35);;;/q;3*+1/p-3/t15-,16+,17-,18-,20-,21-,22-,23?;;;/m1.../s1. The molecule has 0 radical (unpaired) electrons. The van der Waals surface area contributed by atoms with Crippen LogP contribution in [-0.4, -0.2) is 68.6 Å². The van der Waals surface area contributed by atoms with Gasteiger partial charge in [0.25, 0.3) is 7.82 Å². The zero-order valence-corrected chi connectivity index (χ0v) is 33.5. The van der Waals surface area contributed by atoms with E-state index in [0.29, 0.717) is 0 Å². The molecule has 22 heteroatoms. The van der Waals surface area contributed by atoms with Crippen LogP contribution in [0.2, 0.25) is 0 Å². The van der Waals surface area contributed by atoms with E-state index in [0.717, 1.165) is 16.3 Å². The number of rotatable bonds is 12. The monoisotopic (exact) mass is 714 g/mol. The Morgan fingerprint density at radius 2 is 1.78 bits per heavy atom. The average Bonchev–Trinajstić information content (AvgIpc) is 3.44. The topological polar surface area (TPSA) is 271 Å². The molecule has 2 heterocycles. The van der Waals surface area contributed by atoms with Gasteiger partial charge in [-0.1, -0.05) is 30.3 Å². The Bertz CT molecular complexity index is 1440. The van der Waals surface area contributed by atoms with Gasteiger partial charge in [-0.25, -0.2) is 4.79 Å². The van der Waals surface area contributed by atoms with E-state index in [1.165, 1.54) is 13.0 Å². The molecule has 9 atom stereocenters.